The number of amides is 1. The second-order valence-corrected chi connectivity index (χ2v) is 5.80. The average molecular weight is 293 g/mol. The van der Waals surface area contributed by atoms with Gasteiger partial charge in [0.1, 0.15) is 5.76 Å². The van der Waals surface area contributed by atoms with Gasteiger partial charge in [-0.05, 0) is 31.4 Å². The Morgan fingerprint density at radius 2 is 2.29 bits per heavy atom. The molecule has 1 fully saturated rings. The molecule has 1 amide bonds. The van der Waals surface area contributed by atoms with Gasteiger partial charge in [-0.15, -0.1) is 0 Å². The Morgan fingerprint density at radius 1 is 1.38 bits per heavy atom. The number of carbonyl (C=O) groups excluding carboxylic acids is 1. The Balaban J connectivity index is 1.85. The first-order valence-corrected chi connectivity index (χ1v) is 8.21. The summed E-state index contributed by atoms with van der Waals surface area (Å²) < 4.78 is 11.1. The molecule has 1 atom stereocenters. The van der Waals surface area contributed by atoms with Crippen LogP contribution in [0.1, 0.15) is 57.6 Å². The maximum atomic E-state index is 12.4. The number of unbranched alkanes of at least 4 members (excludes halogenated alkanes) is 3. The van der Waals surface area contributed by atoms with Crippen molar-refractivity contribution in [2.75, 3.05) is 13.2 Å². The molecular weight excluding hydrogens is 266 g/mol. The molecule has 4 nitrogen and oxygen atoms in total. The van der Waals surface area contributed by atoms with Crippen molar-refractivity contribution < 1.29 is 13.9 Å². The fourth-order valence-corrected chi connectivity index (χ4v) is 2.74. The number of nitrogens with zero attached hydrogens (tertiary/aromatic N) is 1. The largest absolute Gasteiger partial charge is 0.467 e. The molecule has 0 aromatic carbocycles. The molecule has 1 aromatic rings. The molecule has 1 unspecified atom stereocenters. The van der Waals surface area contributed by atoms with Gasteiger partial charge in [0.2, 0.25) is 5.91 Å². The van der Waals surface area contributed by atoms with Gasteiger partial charge >= 0.3 is 0 Å². The van der Waals surface area contributed by atoms with Gasteiger partial charge in [0.15, 0.2) is 0 Å². The monoisotopic (exact) mass is 293 g/mol. The Kier molecular flexibility index (Phi) is 6.80. The lowest BCUT2D eigenvalue weighted by molar-refractivity contribution is -0.133. The van der Waals surface area contributed by atoms with Gasteiger partial charge in [-0.2, -0.15) is 0 Å². The third kappa shape index (κ3) is 5.54. The normalized spacial score (nSPS) is 18.0. The van der Waals surface area contributed by atoms with Crippen molar-refractivity contribution in [1.29, 1.82) is 0 Å². The molecule has 1 aromatic heterocycles. The zero-order chi connectivity index (χ0) is 14.9. The molecule has 2 heterocycles. The summed E-state index contributed by atoms with van der Waals surface area (Å²) in [4.78, 5) is 14.4. The molecule has 1 saturated heterocycles. The fourth-order valence-electron chi connectivity index (χ4n) is 2.74. The van der Waals surface area contributed by atoms with E-state index in [-0.39, 0.29) is 12.0 Å². The molecule has 0 spiro atoms. The van der Waals surface area contributed by atoms with Crippen molar-refractivity contribution >= 4 is 5.91 Å². The van der Waals surface area contributed by atoms with Crippen LogP contribution >= 0.6 is 0 Å². The number of ether oxygens (including phenoxy) is 1. The Bertz CT molecular complexity index is 396. The van der Waals surface area contributed by atoms with Gasteiger partial charge in [-0.3, -0.25) is 4.79 Å². The third-order valence-electron chi connectivity index (χ3n) is 3.97. The van der Waals surface area contributed by atoms with E-state index in [2.05, 4.69) is 6.92 Å². The van der Waals surface area contributed by atoms with E-state index >= 15 is 0 Å². The van der Waals surface area contributed by atoms with E-state index in [1.807, 2.05) is 17.0 Å². The second kappa shape index (κ2) is 8.88. The van der Waals surface area contributed by atoms with Gasteiger partial charge < -0.3 is 14.1 Å². The lowest BCUT2D eigenvalue weighted by Crippen LogP contribution is -2.36. The van der Waals surface area contributed by atoms with Crippen LogP contribution in [-0.2, 0) is 16.1 Å². The van der Waals surface area contributed by atoms with Gasteiger partial charge in [0, 0.05) is 19.6 Å². The van der Waals surface area contributed by atoms with Crippen LogP contribution in [0.5, 0.6) is 0 Å². The molecule has 0 radical (unpaired) electrons. The van der Waals surface area contributed by atoms with Crippen molar-refractivity contribution in [1.82, 2.24) is 4.90 Å². The molecule has 0 N–H and O–H groups in total. The van der Waals surface area contributed by atoms with Crippen LogP contribution in [0.15, 0.2) is 22.8 Å². The molecule has 0 aliphatic carbocycles. The standard InChI is InChI=1S/C17H27NO3/c1-2-3-4-5-10-17(19)18(13-15-8-6-11-20-15)14-16-9-7-12-21-16/h6,8,11,16H,2-5,7,9-10,12-14H2,1H3. The molecule has 0 bridgehead atoms. The van der Waals surface area contributed by atoms with Crippen LogP contribution in [0.3, 0.4) is 0 Å². The highest BCUT2D eigenvalue weighted by atomic mass is 16.5. The maximum Gasteiger partial charge on any atom is 0.223 e. The van der Waals surface area contributed by atoms with Crippen molar-refractivity contribution in [2.45, 2.75) is 64.5 Å². The Labute approximate surface area is 127 Å². The number of hydrogen-bond donors (Lipinski definition) is 0. The summed E-state index contributed by atoms with van der Waals surface area (Å²) in [6.07, 6.45) is 9.15. The van der Waals surface area contributed by atoms with Gasteiger partial charge in [-0.1, -0.05) is 26.2 Å². The lowest BCUT2D eigenvalue weighted by Gasteiger charge is -2.24. The third-order valence-corrected chi connectivity index (χ3v) is 3.97. The number of rotatable bonds is 9. The lowest BCUT2D eigenvalue weighted by atomic mass is 10.1. The summed E-state index contributed by atoms with van der Waals surface area (Å²) in [5, 5.41) is 0. The number of hydrogen-bond acceptors (Lipinski definition) is 3. The highest BCUT2D eigenvalue weighted by Gasteiger charge is 2.23. The summed E-state index contributed by atoms with van der Waals surface area (Å²) in [7, 11) is 0. The summed E-state index contributed by atoms with van der Waals surface area (Å²) in [5.74, 6) is 1.06. The summed E-state index contributed by atoms with van der Waals surface area (Å²) in [6, 6.07) is 3.79. The van der Waals surface area contributed by atoms with Crippen LogP contribution in [-0.4, -0.2) is 30.1 Å². The smallest absolute Gasteiger partial charge is 0.223 e. The van der Waals surface area contributed by atoms with Crippen LogP contribution in [0, 0.1) is 0 Å². The van der Waals surface area contributed by atoms with E-state index in [0.717, 1.165) is 38.1 Å². The molecule has 1 aliphatic heterocycles. The van der Waals surface area contributed by atoms with Crippen LogP contribution in [0.25, 0.3) is 0 Å². The highest BCUT2D eigenvalue weighted by Crippen LogP contribution is 2.17. The van der Waals surface area contributed by atoms with E-state index in [1.54, 1.807) is 6.26 Å². The van der Waals surface area contributed by atoms with Gasteiger partial charge in [-0.25, -0.2) is 0 Å². The van der Waals surface area contributed by atoms with E-state index in [9.17, 15) is 4.79 Å². The predicted octanol–water partition coefficient (Wildman–Crippen LogP) is 3.76. The first-order chi connectivity index (χ1) is 10.3. The SMILES string of the molecule is CCCCCCC(=O)N(Cc1ccco1)CC1CCCO1. The molecule has 2 rings (SSSR count). The van der Waals surface area contributed by atoms with Crippen LogP contribution in [0.4, 0.5) is 0 Å². The molecular formula is C17H27NO3. The molecule has 1 aliphatic rings. The first kappa shape index (κ1) is 16.1. The van der Waals surface area contributed by atoms with Gasteiger partial charge in [0.05, 0.1) is 18.9 Å². The van der Waals surface area contributed by atoms with E-state index in [1.165, 1.54) is 12.8 Å². The maximum absolute atomic E-state index is 12.4. The fraction of sp³-hybridized carbons (Fsp3) is 0.706. The quantitative estimate of drug-likeness (QED) is 0.651. The summed E-state index contributed by atoms with van der Waals surface area (Å²) in [6.45, 7) is 4.25. The molecule has 118 valence electrons. The minimum absolute atomic E-state index is 0.194. The van der Waals surface area contributed by atoms with Gasteiger partial charge in [0.25, 0.3) is 0 Å². The van der Waals surface area contributed by atoms with E-state index in [4.69, 9.17) is 9.15 Å². The zero-order valence-corrected chi connectivity index (χ0v) is 13.1. The van der Waals surface area contributed by atoms with E-state index in [0.29, 0.717) is 19.5 Å². The molecule has 4 heteroatoms. The Hall–Kier alpha value is -1.29. The minimum Gasteiger partial charge on any atom is -0.467 e. The number of carbonyl (C=O) groups is 1. The van der Waals surface area contributed by atoms with E-state index < -0.39 is 0 Å². The van der Waals surface area contributed by atoms with Crippen molar-refractivity contribution in [3.8, 4) is 0 Å². The molecule has 21 heavy (non-hydrogen) atoms. The topological polar surface area (TPSA) is 42.7 Å². The first-order valence-electron chi connectivity index (χ1n) is 8.21. The van der Waals surface area contributed by atoms with Crippen molar-refractivity contribution in [3.05, 3.63) is 24.2 Å². The predicted molar refractivity (Wildman–Crippen MR) is 81.9 cm³/mol. The minimum atomic E-state index is 0.194. The zero-order valence-electron chi connectivity index (χ0n) is 13.1. The summed E-state index contributed by atoms with van der Waals surface area (Å²) >= 11 is 0. The van der Waals surface area contributed by atoms with Crippen LogP contribution < -0.4 is 0 Å². The average Bonchev–Trinajstić information content (AvgIpc) is 3.16. The second-order valence-electron chi connectivity index (χ2n) is 5.80. The summed E-state index contributed by atoms with van der Waals surface area (Å²) in [5.41, 5.74) is 0. The number of furan rings is 1. The highest BCUT2D eigenvalue weighted by molar-refractivity contribution is 5.76. The Morgan fingerprint density at radius 3 is 2.95 bits per heavy atom. The van der Waals surface area contributed by atoms with Crippen molar-refractivity contribution in [3.63, 3.8) is 0 Å². The van der Waals surface area contributed by atoms with Crippen LogP contribution in [0.2, 0.25) is 0 Å². The van der Waals surface area contributed by atoms with Crippen molar-refractivity contribution in [2.24, 2.45) is 0 Å². The molecule has 0 saturated carbocycles.